The lowest BCUT2D eigenvalue weighted by atomic mass is 9.94. The standard InChI is InChI=1S/C19H15NO6S/c1-20-26-17(21)10-25-15-8-4-11-2-3-12-5-9-16(27(22,23)24)14-7-6-13(15)18(11)19(12)14/h2-9,20H,10H2,1H3,(H,22,23,24). The Labute approximate surface area is 154 Å². The third-order valence-electron chi connectivity index (χ3n) is 4.42. The van der Waals surface area contributed by atoms with Gasteiger partial charge in [0.15, 0.2) is 6.61 Å². The van der Waals surface area contributed by atoms with E-state index in [-0.39, 0.29) is 11.5 Å². The zero-order chi connectivity index (χ0) is 19.2. The van der Waals surface area contributed by atoms with Crippen LogP contribution < -0.4 is 10.2 Å². The maximum absolute atomic E-state index is 11.8. The summed E-state index contributed by atoms with van der Waals surface area (Å²) < 4.78 is 38.7. The second-order valence-electron chi connectivity index (χ2n) is 5.99. The van der Waals surface area contributed by atoms with E-state index in [0.717, 1.165) is 21.5 Å². The molecule has 138 valence electrons. The van der Waals surface area contributed by atoms with Crippen molar-refractivity contribution in [1.82, 2.24) is 5.48 Å². The Hall–Kier alpha value is -2.94. The molecule has 0 bridgehead atoms. The Bertz CT molecular complexity index is 1280. The first-order valence-electron chi connectivity index (χ1n) is 8.07. The molecule has 0 aromatic heterocycles. The van der Waals surface area contributed by atoms with E-state index in [0.29, 0.717) is 16.5 Å². The van der Waals surface area contributed by atoms with E-state index in [4.69, 9.17) is 4.74 Å². The number of hydroxylamine groups is 1. The SMILES string of the molecule is CNOC(=O)COc1ccc2ccc3ccc(S(=O)(=O)O)c4ccc1c2c34. The minimum absolute atomic E-state index is 0.145. The van der Waals surface area contributed by atoms with E-state index in [1.807, 2.05) is 18.2 Å². The Balaban J connectivity index is 1.97. The molecule has 4 aromatic rings. The van der Waals surface area contributed by atoms with Crippen LogP contribution in [0.2, 0.25) is 0 Å². The van der Waals surface area contributed by atoms with Crippen LogP contribution in [0, 0.1) is 0 Å². The van der Waals surface area contributed by atoms with Crippen LogP contribution in [0.4, 0.5) is 0 Å². The first kappa shape index (κ1) is 17.5. The van der Waals surface area contributed by atoms with E-state index >= 15 is 0 Å². The molecule has 4 rings (SSSR count). The molecule has 0 aliphatic rings. The molecule has 0 atom stereocenters. The molecule has 0 heterocycles. The molecular formula is C19H15NO6S. The summed E-state index contributed by atoms with van der Waals surface area (Å²) in [7, 11) is -2.89. The fraction of sp³-hybridized carbons (Fsp3) is 0.105. The molecule has 2 N–H and O–H groups in total. The normalized spacial score (nSPS) is 12.1. The van der Waals surface area contributed by atoms with Crippen LogP contribution in [0.25, 0.3) is 32.3 Å². The fourth-order valence-electron chi connectivity index (χ4n) is 3.38. The second-order valence-corrected chi connectivity index (χ2v) is 7.38. The van der Waals surface area contributed by atoms with Crippen molar-refractivity contribution in [2.24, 2.45) is 0 Å². The smallest absolute Gasteiger partial charge is 0.362 e. The number of carbonyl (C=O) groups is 1. The maximum Gasteiger partial charge on any atom is 0.362 e. The Kier molecular flexibility index (Phi) is 4.11. The number of hydrogen-bond donors (Lipinski definition) is 2. The molecule has 8 heteroatoms. The highest BCUT2D eigenvalue weighted by molar-refractivity contribution is 7.86. The molecule has 4 aromatic carbocycles. The lowest BCUT2D eigenvalue weighted by Gasteiger charge is -2.15. The summed E-state index contributed by atoms with van der Waals surface area (Å²) in [5, 5.41) is 4.40. The number of hydrogen-bond acceptors (Lipinski definition) is 6. The average Bonchev–Trinajstić information content (AvgIpc) is 2.64. The van der Waals surface area contributed by atoms with Crippen LogP contribution in [0.3, 0.4) is 0 Å². The highest BCUT2D eigenvalue weighted by Crippen LogP contribution is 2.40. The number of nitrogens with one attached hydrogen (secondary N) is 1. The van der Waals surface area contributed by atoms with E-state index < -0.39 is 16.1 Å². The zero-order valence-electron chi connectivity index (χ0n) is 14.2. The summed E-state index contributed by atoms with van der Waals surface area (Å²) in [6.45, 7) is -0.277. The van der Waals surface area contributed by atoms with Gasteiger partial charge in [0.05, 0.1) is 0 Å². The molecule has 0 saturated carbocycles. The molecule has 0 spiro atoms. The van der Waals surface area contributed by atoms with E-state index in [1.165, 1.54) is 13.1 Å². The van der Waals surface area contributed by atoms with Crippen molar-refractivity contribution in [1.29, 1.82) is 0 Å². The molecule has 0 amide bonds. The summed E-state index contributed by atoms with van der Waals surface area (Å²) in [6.07, 6.45) is 0. The van der Waals surface area contributed by atoms with Gasteiger partial charge in [0.1, 0.15) is 10.6 Å². The Morgan fingerprint density at radius 1 is 0.963 bits per heavy atom. The van der Waals surface area contributed by atoms with Crippen LogP contribution in [-0.2, 0) is 19.8 Å². The first-order chi connectivity index (χ1) is 12.9. The van der Waals surface area contributed by atoms with Gasteiger partial charge >= 0.3 is 5.97 Å². The van der Waals surface area contributed by atoms with Crippen molar-refractivity contribution in [2.75, 3.05) is 13.7 Å². The predicted molar refractivity (Wildman–Crippen MR) is 101 cm³/mol. The third-order valence-corrected chi connectivity index (χ3v) is 5.34. The minimum atomic E-state index is -4.36. The van der Waals surface area contributed by atoms with E-state index in [2.05, 4.69) is 10.3 Å². The van der Waals surface area contributed by atoms with Crippen molar-refractivity contribution in [3.8, 4) is 5.75 Å². The maximum atomic E-state index is 11.8. The molecule has 0 saturated heterocycles. The van der Waals surface area contributed by atoms with Gasteiger partial charge in [-0.2, -0.15) is 13.9 Å². The van der Waals surface area contributed by atoms with Crippen LogP contribution in [-0.4, -0.2) is 32.6 Å². The van der Waals surface area contributed by atoms with Crippen molar-refractivity contribution in [2.45, 2.75) is 4.90 Å². The quantitative estimate of drug-likeness (QED) is 0.309. The predicted octanol–water partition coefficient (Wildman–Crippen LogP) is 2.89. The van der Waals surface area contributed by atoms with Gasteiger partial charge < -0.3 is 9.57 Å². The van der Waals surface area contributed by atoms with Gasteiger partial charge in [0.25, 0.3) is 10.1 Å². The number of benzene rings is 4. The largest absolute Gasteiger partial charge is 0.481 e. The Morgan fingerprint density at radius 2 is 1.56 bits per heavy atom. The van der Waals surface area contributed by atoms with Crippen LogP contribution in [0.1, 0.15) is 0 Å². The fourth-order valence-corrected chi connectivity index (χ4v) is 4.07. The van der Waals surface area contributed by atoms with E-state index in [1.54, 1.807) is 24.3 Å². The van der Waals surface area contributed by atoms with Gasteiger partial charge in [-0.3, -0.25) is 4.55 Å². The van der Waals surface area contributed by atoms with Gasteiger partial charge in [-0.05, 0) is 34.4 Å². The Morgan fingerprint density at radius 3 is 2.22 bits per heavy atom. The average molecular weight is 385 g/mol. The van der Waals surface area contributed by atoms with Crippen molar-refractivity contribution in [3.05, 3.63) is 48.5 Å². The van der Waals surface area contributed by atoms with Crippen molar-refractivity contribution >= 4 is 48.4 Å². The monoisotopic (exact) mass is 385 g/mol. The lowest BCUT2D eigenvalue weighted by molar-refractivity contribution is -0.152. The van der Waals surface area contributed by atoms with Crippen LogP contribution in [0.5, 0.6) is 5.75 Å². The molecule has 7 nitrogen and oxygen atoms in total. The van der Waals surface area contributed by atoms with Gasteiger partial charge in [-0.25, -0.2) is 4.79 Å². The molecule has 0 fully saturated rings. The number of ether oxygens (including phenoxy) is 1. The summed E-state index contributed by atoms with van der Waals surface area (Å²) in [6, 6.07) is 13.8. The lowest BCUT2D eigenvalue weighted by Crippen LogP contribution is -2.21. The van der Waals surface area contributed by atoms with Gasteiger partial charge in [-0.1, -0.05) is 30.3 Å². The third kappa shape index (κ3) is 2.93. The first-order valence-corrected chi connectivity index (χ1v) is 9.51. The highest BCUT2D eigenvalue weighted by Gasteiger charge is 2.19. The number of carbonyl (C=O) groups excluding carboxylic acids is 1. The van der Waals surface area contributed by atoms with E-state index in [9.17, 15) is 17.8 Å². The minimum Gasteiger partial charge on any atom is -0.481 e. The highest BCUT2D eigenvalue weighted by atomic mass is 32.2. The van der Waals surface area contributed by atoms with Gasteiger partial charge in [0.2, 0.25) is 0 Å². The summed E-state index contributed by atoms with van der Waals surface area (Å²) in [5.41, 5.74) is 2.29. The van der Waals surface area contributed by atoms with Gasteiger partial charge in [-0.15, -0.1) is 0 Å². The molecule has 0 unspecified atom stereocenters. The summed E-state index contributed by atoms with van der Waals surface area (Å²) >= 11 is 0. The molecule has 0 aliphatic carbocycles. The summed E-state index contributed by atoms with van der Waals surface area (Å²) in [5.74, 6) is -0.0981. The molecular weight excluding hydrogens is 370 g/mol. The number of rotatable bonds is 5. The van der Waals surface area contributed by atoms with Crippen molar-refractivity contribution < 1.29 is 27.3 Å². The summed E-state index contributed by atoms with van der Waals surface area (Å²) in [4.78, 5) is 16.0. The molecule has 0 aliphatic heterocycles. The van der Waals surface area contributed by atoms with Crippen LogP contribution >= 0.6 is 0 Å². The van der Waals surface area contributed by atoms with Crippen molar-refractivity contribution in [3.63, 3.8) is 0 Å². The molecule has 27 heavy (non-hydrogen) atoms. The molecule has 0 radical (unpaired) electrons. The van der Waals surface area contributed by atoms with Gasteiger partial charge in [0, 0.05) is 23.2 Å². The zero-order valence-corrected chi connectivity index (χ0v) is 15.0. The van der Waals surface area contributed by atoms with Crippen LogP contribution in [0.15, 0.2) is 53.4 Å². The second kappa shape index (κ2) is 6.34. The topological polar surface area (TPSA) is 102 Å².